The highest BCUT2D eigenvalue weighted by Crippen LogP contribution is 2.26. The molecule has 0 aliphatic heterocycles. The molecule has 0 saturated carbocycles. The molecule has 1 heteroatoms. The fraction of sp³-hybridized carbons (Fsp3) is 0.0526. The molecular formula is C19H17P. The van der Waals surface area contributed by atoms with Crippen LogP contribution in [0.5, 0.6) is 0 Å². The summed E-state index contributed by atoms with van der Waals surface area (Å²) in [5.74, 6) is 0. The zero-order valence-electron chi connectivity index (χ0n) is 11.3. The maximum absolute atomic E-state index is 2.76. The van der Waals surface area contributed by atoms with E-state index < -0.39 is 0 Å². The minimum atomic E-state index is 1.00. The van der Waals surface area contributed by atoms with Gasteiger partial charge in [-0.3, -0.25) is 0 Å². The van der Waals surface area contributed by atoms with Gasteiger partial charge in [0.15, 0.2) is 0 Å². The van der Waals surface area contributed by atoms with Crippen LogP contribution in [0.2, 0.25) is 0 Å². The molecular weight excluding hydrogens is 259 g/mol. The Hall–Kier alpha value is -1.91. The minimum Gasteiger partial charge on any atom is -0.133 e. The van der Waals surface area contributed by atoms with Crippen LogP contribution in [-0.2, 0) is 6.16 Å². The van der Waals surface area contributed by atoms with E-state index in [1.807, 2.05) is 0 Å². The molecule has 20 heavy (non-hydrogen) atoms. The molecule has 0 amide bonds. The first-order valence-corrected chi connectivity index (χ1v) is 7.63. The minimum absolute atomic E-state index is 1.00. The SMILES string of the molecule is PCc1ccc(-c2cccc(-c3ccccc3)c2)cc1. The van der Waals surface area contributed by atoms with Crippen molar-refractivity contribution in [1.29, 1.82) is 0 Å². The highest BCUT2D eigenvalue weighted by molar-refractivity contribution is 7.15. The van der Waals surface area contributed by atoms with Gasteiger partial charge in [-0.15, -0.1) is 9.24 Å². The van der Waals surface area contributed by atoms with Crippen molar-refractivity contribution in [2.24, 2.45) is 0 Å². The van der Waals surface area contributed by atoms with Crippen LogP contribution in [0.4, 0.5) is 0 Å². The maximum atomic E-state index is 2.76. The van der Waals surface area contributed by atoms with Crippen LogP contribution in [-0.4, -0.2) is 0 Å². The standard InChI is InChI=1S/C19H17P/c20-14-15-9-11-17(12-10-15)19-8-4-7-18(13-19)16-5-2-1-3-6-16/h1-13H,14,20H2. The smallest absolute Gasteiger partial charge is 0.0128 e. The van der Waals surface area contributed by atoms with Gasteiger partial charge in [-0.05, 0) is 40.0 Å². The van der Waals surface area contributed by atoms with Gasteiger partial charge in [0.25, 0.3) is 0 Å². The van der Waals surface area contributed by atoms with Crippen LogP contribution < -0.4 is 0 Å². The van der Waals surface area contributed by atoms with Gasteiger partial charge in [0.1, 0.15) is 0 Å². The molecule has 3 rings (SSSR count). The molecule has 0 N–H and O–H groups in total. The Kier molecular flexibility index (Phi) is 3.95. The quantitative estimate of drug-likeness (QED) is 0.562. The van der Waals surface area contributed by atoms with Gasteiger partial charge in [0.05, 0.1) is 0 Å². The average molecular weight is 276 g/mol. The summed E-state index contributed by atoms with van der Waals surface area (Å²) < 4.78 is 0. The second kappa shape index (κ2) is 6.03. The van der Waals surface area contributed by atoms with Crippen LogP contribution in [0.15, 0.2) is 78.9 Å². The zero-order chi connectivity index (χ0) is 13.8. The molecule has 0 spiro atoms. The molecule has 0 aromatic heterocycles. The Balaban J connectivity index is 1.98. The molecule has 0 saturated heterocycles. The zero-order valence-corrected chi connectivity index (χ0v) is 12.4. The van der Waals surface area contributed by atoms with Gasteiger partial charge in [0.2, 0.25) is 0 Å². The van der Waals surface area contributed by atoms with Gasteiger partial charge < -0.3 is 0 Å². The van der Waals surface area contributed by atoms with Crippen molar-refractivity contribution in [3.63, 3.8) is 0 Å². The van der Waals surface area contributed by atoms with Crippen LogP contribution in [0.1, 0.15) is 5.56 Å². The summed E-state index contributed by atoms with van der Waals surface area (Å²) in [5, 5.41) is 0. The third-order valence-electron chi connectivity index (χ3n) is 3.49. The summed E-state index contributed by atoms with van der Waals surface area (Å²) >= 11 is 0. The Morgan fingerprint density at radius 2 is 1.10 bits per heavy atom. The number of hydrogen-bond donors (Lipinski definition) is 0. The van der Waals surface area contributed by atoms with Crippen LogP contribution in [0.25, 0.3) is 22.3 Å². The largest absolute Gasteiger partial charge is 0.133 e. The first kappa shape index (κ1) is 13.1. The topological polar surface area (TPSA) is 0 Å². The number of hydrogen-bond acceptors (Lipinski definition) is 0. The highest BCUT2D eigenvalue weighted by atomic mass is 31.0. The van der Waals surface area contributed by atoms with Crippen LogP contribution >= 0.6 is 9.24 Å². The predicted octanol–water partition coefficient (Wildman–Crippen LogP) is 5.40. The average Bonchev–Trinajstić information content (AvgIpc) is 2.56. The third-order valence-corrected chi connectivity index (χ3v) is 3.96. The Bertz CT molecular complexity index is 684. The normalized spacial score (nSPS) is 10.4. The second-order valence-electron chi connectivity index (χ2n) is 4.85. The van der Waals surface area contributed by atoms with Crippen molar-refractivity contribution in [2.45, 2.75) is 6.16 Å². The monoisotopic (exact) mass is 276 g/mol. The van der Waals surface area contributed by atoms with Gasteiger partial charge in [-0.25, -0.2) is 0 Å². The lowest BCUT2D eigenvalue weighted by atomic mass is 9.99. The van der Waals surface area contributed by atoms with E-state index in [4.69, 9.17) is 0 Å². The summed E-state index contributed by atoms with van der Waals surface area (Å²) in [6.07, 6.45) is 1.00. The number of benzene rings is 3. The van der Waals surface area contributed by atoms with Gasteiger partial charge >= 0.3 is 0 Å². The van der Waals surface area contributed by atoms with Gasteiger partial charge in [-0.1, -0.05) is 72.8 Å². The molecule has 0 fully saturated rings. The molecule has 98 valence electrons. The molecule has 3 aromatic rings. The van der Waals surface area contributed by atoms with Crippen LogP contribution in [0, 0.1) is 0 Å². The molecule has 0 aliphatic rings. The van der Waals surface area contributed by atoms with E-state index in [1.54, 1.807) is 0 Å². The van der Waals surface area contributed by atoms with Crippen molar-refractivity contribution < 1.29 is 0 Å². The summed E-state index contributed by atoms with van der Waals surface area (Å²) in [7, 11) is 2.76. The second-order valence-corrected chi connectivity index (χ2v) is 5.26. The van der Waals surface area contributed by atoms with E-state index in [-0.39, 0.29) is 0 Å². The van der Waals surface area contributed by atoms with Crippen molar-refractivity contribution in [3.05, 3.63) is 84.4 Å². The summed E-state index contributed by atoms with van der Waals surface area (Å²) in [6, 6.07) is 28.0. The van der Waals surface area contributed by atoms with E-state index in [0.717, 1.165) is 6.16 Å². The fourth-order valence-electron chi connectivity index (χ4n) is 2.34. The molecule has 0 nitrogen and oxygen atoms in total. The molecule has 0 aliphatic carbocycles. The first-order valence-electron chi connectivity index (χ1n) is 6.82. The van der Waals surface area contributed by atoms with Crippen molar-refractivity contribution >= 4 is 9.24 Å². The fourth-order valence-corrected chi connectivity index (χ4v) is 2.61. The molecule has 3 aromatic carbocycles. The number of rotatable bonds is 3. The Morgan fingerprint density at radius 1 is 0.550 bits per heavy atom. The van der Waals surface area contributed by atoms with Crippen molar-refractivity contribution in [2.75, 3.05) is 0 Å². The van der Waals surface area contributed by atoms with Crippen LogP contribution in [0.3, 0.4) is 0 Å². The molecule has 0 bridgehead atoms. The van der Waals surface area contributed by atoms with Gasteiger partial charge in [0, 0.05) is 0 Å². The molecule has 1 atom stereocenters. The summed E-state index contributed by atoms with van der Waals surface area (Å²) in [5.41, 5.74) is 6.40. The predicted molar refractivity (Wildman–Crippen MR) is 90.7 cm³/mol. The maximum Gasteiger partial charge on any atom is -0.0128 e. The van der Waals surface area contributed by atoms with Gasteiger partial charge in [-0.2, -0.15) is 0 Å². The van der Waals surface area contributed by atoms with Crippen molar-refractivity contribution in [1.82, 2.24) is 0 Å². The van der Waals surface area contributed by atoms with E-state index in [0.29, 0.717) is 0 Å². The molecule has 0 radical (unpaired) electrons. The lowest BCUT2D eigenvalue weighted by Gasteiger charge is -2.07. The lowest BCUT2D eigenvalue weighted by molar-refractivity contribution is 1.42. The highest BCUT2D eigenvalue weighted by Gasteiger charge is 2.01. The van der Waals surface area contributed by atoms with E-state index in [2.05, 4.69) is 88.1 Å². The summed E-state index contributed by atoms with van der Waals surface area (Å²) in [4.78, 5) is 0. The third kappa shape index (κ3) is 2.81. The van der Waals surface area contributed by atoms with E-state index >= 15 is 0 Å². The lowest BCUT2D eigenvalue weighted by Crippen LogP contribution is -1.82. The molecule has 0 heterocycles. The van der Waals surface area contributed by atoms with Crippen molar-refractivity contribution in [3.8, 4) is 22.3 Å². The first-order chi connectivity index (χ1) is 9.86. The van der Waals surface area contributed by atoms with E-state index in [1.165, 1.54) is 27.8 Å². The Labute approximate surface area is 122 Å². The summed E-state index contributed by atoms with van der Waals surface area (Å²) in [6.45, 7) is 0. The Morgan fingerprint density at radius 3 is 1.70 bits per heavy atom. The van der Waals surface area contributed by atoms with E-state index in [9.17, 15) is 0 Å². The molecule has 1 unspecified atom stereocenters.